The van der Waals surface area contributed by atoms with Gasteiger partial charge in [-0.1, -0.05) is 13.8 Å². The third-order valence-electron chi connectivity index (χ3n) is 1.44. The van der Waals surface area contributed by atoms with Crippen LogP contribution in [0.25, 0.3) is 0 Å². The van der Waals surface area contributed by atoms with E-state index < -0.39 is 23.3 Å². The van der Waals surface area contributed by atoms with E-state index in [9.17, 15) is 9.00 Å². The predicted octanol–water partition coefficient (Wildman–Crippen LogP) is 0.300. The summed E-state index contributed by atoms with van der Waals surface area (Å²) < 4.78 is 25.6. The van der Waals surface area contributed by atoms with Crippen molar-refractivity contribution in [3.8, 4) is 0 Å². The Labute approximate surface area is 80.3 Å². The van der Waals surface area contributed by atoms with Crippen molar-refractivity contribution in [1.82, 2.24) is 4.72 Å². The monoisotopic (exact) mass is 209 g/mol. The van der Waals surface area contributed by atoms with E-state index in [1.165, 1.54) is 7.11 Å². The molecule has 0 saturated heterocycles. The molecule has 0 bridgehead atoms. The van der Waals surface area contributed by atoms with E-state index in [0.29, 0.717) is 6.42 Å². The van der Waals surface area contributed by atoms with Gasteiger partial charge >= 0.3 is 5.97 Å². The van der Waals surface area contributed by atoms with Crippen LogP contribution in [0.15, 0.2) is 0 Å². The molecule has 0 amide bonds. The molecule has 0 aliphatic heterocycles. The number of carbonyl (C=O) groups excluding carboxylic acids is 1. The van der Waals surface area contributed by atoms with Crippen LogP contribution in [-0.2, 0) is 20.8 Å². The summed E-state index contributed by atoms with van der Waals surface area (Å²) in [4.78, 5) is 11.1. The largest absolute Gasteiger partial charge is 0.468 e. The van der Waals surface area contributed by atoms with Crippen LogP contribution in [0.4, 0.5) is 0 Å². The van der Waals surface area contributed by atoms with Gasteiger partial charge in [-0.2, -0.15) is 0 Å². The van der Waals surface area contributed by atoms with Crippen molar-refractivity contribution >= 4 is 17.2 Å². The van der Waals surface area contributed by atoms with E-state index in [0.717, 1.165) is 0 Å². The molecular weight excluding hydrogens is 194 g/mol. The van der Waals surface area contributed by atoms with Crippen LogP contribution in [0.3, 0.4) is 0 Å². The summed E-state index contributed by atoms with van der Waals surface area (Å²) in [6.07, 6.45) is 0.471. The lowest BCUT2D eigenvalue weighted by atomic mass is 10.1. The first kappa shape index (κ1) is 12.5. The molecule has 0 aromatic rings. The third-order valence-corrected chi connectivity index (χ3v) is 1.92. The summed E-state index contributed by atoms with van der Waals surface area (Å²) in [5.41, 5.74) is 0. The van der Waals surface area contributed by atoms with Gasteiger partial charge in [-0.15, -0.1) is 0 Å². The summed E-state index contributed by atoms with van der Waals surface area (Å²) in [7, 11) is 1.25. The molecule has 2 atom stereocenters. The average molecular weight is 209 g/mol. The number of ether oxygens (including phenoxy) is 1. The minimum absolute atomic E-state index is 0.250. The van der Waals surface area contributed by atoms with E-state index in [4.69, 9.17) is 4.55 Å². The third kappa shape index (κ3) is 5.73. The Bertz CT molecular complexity index is 195. The van der Waals surface area contributed by atoms with Crippen LogP contribution in [0, 0.1) is 5.92 Å². The Hall–Kier alpha value is -0.460. The first-order chi connectivity index (χ1) is 5.97. The number of methoxy groups -OCH3 is 1. The second-order valence-electron chi connectivity index (χ2n) is 3.07. The summed E-state index contributed by atoms with van der Waals surface area (Å²) in [5.74, 6) is -0.267. The molecule has 0 aromatic heterocycles. The zero-order valence-electron chi connectivity index (χ0n) is 7.94. The van der Waals surface area contributed by atoms with E-state index in [1.807, 2.05) is 13.8 Å². The summed E-state index contributed by atoms with van der Waals surface area (Å²) in [6, 6.07) is -0.712. The maximum atomic E-state index is 11.1. The fraction of sp³-hybridized carbons (Fsp3) is 0.857. The number of rotatable bonds is 5. The smallest absolute Gasteiger partial charge is 0.323 e. The van der Waals surface area contributed by atoms with Crippen molar-refractivity contribution in [2.45, 2.75) is 26.3 Å². The summed E-state index contributed by atoms with van der Waals surface area (Å²) in [5, 5.41) is 0. The Morgan fingerprint density at radius 1 is 1.62 bits per heavy atom. The Morgan fingerprint density at radius 2 is 2.15 bits per heavy atom. The highest BCUT2D eigenvalue weighted by molar-refractivity contribution is 7.77. The van der Waals surface area contributed by atoms with Crippen LogP contribution in [0.1, 0.15) is 20.3 Å². The van der Waals surface area contributed by atoms with Gasteiger partial charge in [-0.05, 0) is 12.3 Å². The quantitative estimate of drug-likeness (QED) is 0.504. The molecule has 13 heavy (non-hydrogen) atoms. The van der Waals surface area contributed by atoms with Crippen molar-refractivity contribution in [2.75, 3.05) is 7.11 Å². The Kier molecular flexibility index (Phi) is 5.85. The molecule has 0 radical (unpaired) electrons. The lowest BCUT2D eigenvalue weighted by molar-refractivity contribution is -0.143. The number of carbonyl (C=O) groups is 1. The van der Waals surface area contributed by atoms with Crippen LogP contribution in [0.5, 0.6) is 0 Å². The van der Waals surface area contributed by atoms with Gasteiger partial charge in [0.1, 0.15) is 6.04 Å². The zero-order valence-corrected chi connectivity index (χ0v) is 8.76. The molecule has 0 heterocycles. The minimum atomic E-state index is -2.19. The van der Waals surface area contributed by atoms with Gasteiger partial charge in [0.05, 0.1) is 7.11 Å². The lowest BCUT2D eigenvalue weighted by Gasteiger charge is -2.15. The average Bonchev–Trinajstić information content (AvgIpc) is 2.00. The first-order valence-corrected chi connectivity index (χ1v) is 5.03. The SMILES string of the molecule is COC(=O)[C@H](CC(C)C)NS(=O)O. The van der Waals surface area contributed by atoms with Crippen LogP contribution in [-0.4, -0.2) is 27.9 Å². The van der Waals surface area contributed by atoms with E-state index in [2.05, 4.69) is 9.46 Å². The fourth-order valence-corrected chi connectivity index (χ4v) is 1.36. The lowest BCUT2D eigenvalue weighted by Crippen LogP contribution is -2.39. The van der Waals surface area contributed by atoms with Crippen molar-refractivity contribution in [3.05, 3.63) is 0 Å². The van der Waals surface area contributed by atoms with Gasteiger partial charge in [0.2, 0.25) is 11.3 Å². The molecule has 0 spiro atoms. The predicted molar refractivity (Wildman–Crippen MR) is 49.2 cm³/mol. The number of nitrogens with one attached hydrogen (secondary N) is 1. The standard InChI is InChI=1S/C7H15NO4S/c1-5(2)4-6(7(9)12-3)8-13(10)11/h5-6,8H,4H2,1-3H3,(H,10,11)/t6-/m0/s1. The molecule has 2 N–H and O–H groups in total. The number of hydrogen-bond acceptors (Lipinski definition) is 3. The number of esters is 1. The molecule has 1 unspecified atom stereocenters. The fourth-order valence-electron chi connectivity index (χ4n) is 0.928. The molecule has 0 aliphatic rings. The van der Waals surface area contributed by atoms with Crippen molar-refractivity contribution in [1.29, 1.82) is 0 Å². The van der Waals surface area contributed by atoms with Crippen LogP contribution >= 0.6 is 0 Å². The molecule has 0 rings (SSSR count). The molecule has 0 fully saturated rings. The van der Waals surface area contributed by atoms with Gasteiger partial charge in [-0.25, -0.2) is 8.93 Å². The Morgan fingerprint density at radius 3 is 2.46 bits per heavy atom. The summed E-state index contributed by atoms with van der Waals surface area (Å²) >= 11 is -2.19. The van der Waals surface area contributed by atoms with E-state index in [1.54, 1.807) is 0 Å². The number of hydrogen-bond donors (Lipinski definition) is 2. The maximum Gasteiger partial charge on any atom is 0.323 e. The highest BCUT2D eigenvalue weighted by atomic mass is 32.2. The molecule has 0 aromatic carbocycles. The van der Waals surface area contributed by atoms with E-state index in [-0.39, 0.29) is 5.92 Å². The second kappa shape index (κ2) is 6.06. The highest BCUT2D eigenvalue weighted by Gasteiger charge is 2.21. The molecule has 6 heteroatoms. The van der Waals surface area contributed by atoms with Crippen LogP contribution in [0.2, 0.25) is 0 Å². The minimum Gasteiger partial charge on any atom is -0.468 e. The first-order valence-electron chi connectivity index (χ1n) is 3.92. The van der Waals surface area contributed by atoms with Gasteiger partial charge in [0.15, 0.2) is 0 Å². The van der Waals surface area contributed by atoms with Gasteiger partial charge < -0.3 is 4.74 Å². The van der Waals surface area contributed by atoms with Gasteiger partial charge in [0.25, 0.3) is 0 Å². The van der Waals surface area contributed by atoms with Crippen molar-refractivity contribution < 1.29 is 18.3 Å². The molecule has 78 valence electrons. The zero-order chi connectivity index (χ0) is 10.4. The molecule has 0 aliphatic carbocycles. The van der Waals surface area contributed by atoms with Crippen molar-refractivity contribution in [3.63, 3.8) is 0 Å². The second-order valence-corrected chi connectivity index (χ2v) is 3.81. The van der Waals surface area contributed by atoms with E-state index >= 15 is 0 Å². The molecular formula is C7H15NO4S. The Balaban J connectivity index is 4.18. The topological polar surface area (TPSA) is 75.6 Å². The van der Waals surface area contributed by atoms with Gasteiger partial charge in [0, 0.05) is 0 Å². The highest BCUT2D eigenvalue weighted by Crippen LogP contribution is 2.06. The van der Waals surface area contributed by atoms with Crippen LogP contribution < -0.4 is 4.72 Å². The normalized spacial score (nSPS) is 15.5. The molecule has 0 saturated carbocycles. The summed E-state index contributed by atoms with van der Waals surface area (Å²) in [6.45, 7) is 3.83. The molecule has 5 nitrogen and oxygen atoms in total. The van der Waals surface area contributed by atoms with Crippen molar-refractivity contribution in [2.24, 2.45) is 5.92 Å². The van der Waals surface area contributed by atoms with Gasteiger partial charge in [-0.3, -0.25) is 9.35 Å². The maximum absolute atomic E-state index is 11.1.